The lowest BCUT2D eigenvalue weighted by Gasteiger charge is -2.04. The van der Waals surface area contributed by atoms with Crippen LogP contribution in [0.25, 0.3) is 0 Å². The third kappa shape index (κ3) is 1.51. The van der Waals surface area contributed by atoms with Crippen molar-refractivity contribution < 1.29 is 9.84 Å². The van der Waals surface area contributed by atoms with Crippen molar-refractivity contribution in [3.05, 3.63) is 23.8 Å². The van der Waals surface area contributed by atoms with Gasteiger partial charge >= 0.3 is 0 Å². The molecule has 0 spiro atoms. The first-order chi connectivity index (χ1) is 5.79. The quantitative estimate of drug-likeness (QED) is 0.638. The Morgan fingerprint density at radius 3 is 2.75 bits per heavy atom. The first kappa shape index (κ1) is 8.48. The highest BCUT2D eigenvalue weighted by Crippen LogP contribution is 2.28. The number of para-hydroxylation sites is 1. The molecule has 0 aliphatic heterocycles. The SMILES string of the molecule is CC#Cc1cccc(O)c1OC. The van der Waals surface area contributed by atoms with Crippen LogP contribution in [0.3, 0.4) is 0 Å². The lowest BCUT2D eigenvalue weighted by Crippen LogP contribution is -1.87. The van der Waals surface area contributed by atoms with Crippen molar-refractivity contribution in [1.82, 2.24) is 0 Å². The van der Waals surface area contributed by atoms with Crippen LogP contribution < -0.4 is 4.74 Å². The standard InChI is InChI=1S/C10H10O2/c1-3-5-8-6-4-7-9(11)10(8)12-2/h4,6-7,11H,1-2H3. The van der Waals surface area contributed by atoms with Crippen molar-refractivity contribution in [2.75, 3.05) is 7.11 Å². The minimum absolute atomic E-state index is 0.123. The van der Waals surface area contributed by atoms with Gasteiger partial charge in [0.1, 0.15) is 0 Å². The molecule has 0 heterocycles. The molecule has 1 aromatic carbocycles. The van der Waals surface area contributed by atoms with E-state index >= 15 is 0 Å². The number of aromatic hydroxyl groups is 1. The molecule has 0 atom stereocenters. The number of hydrogen-bond acceptors (Lipinski definition) is 2. The zero-order chi connectivity index (χ0) is 8.97. The summed E-state index contributed by atoms with van der Waals surface area (Å²) in [5, 5.41) is 9.33. The van der Waals surface area contributed by atoms with Crippen molar-refractivity contribution in [3.63, 3.8) is 0 Å². The Bertz CT molecular complexity index is 331. The average molecular weight is 162 g/mol. The summed E-state index contributed by atoms with van der Waals surface area (Å²) >= 11 is 0. The molecule has 0 bridgehead atoms. The first-order valence-corrected chi connectivity index (χ1v) is 3.58. The Hall–Kier alpha value is -1.62. The summed E-state index contributed by atoms with van der Waals surface area (Å²) in [5.74, 6) is 6.14. The van der Waals surface area contributed by atoms with Crippen molar-refractivity contribution in [1.29, 1.82) is 0 Å². The van der Waals surface area contributed by atoms with Gasteiger partial charge in [0.2, 0.25) is 0 Å². The van der Waals surface area contributed by atoms with Gasteiger partial charge in [0, 0.05) is 0 Å². The highest BCUT2D eigenvalue weighted by molar-refractivity contribution is 5.53. The molecule has 12 heavy (non-hydrogen) atoms. The van der Waals surface area contributed by atoms with Gasteiger partial charge in [-0.2, -0.15) is 0 Å². The maximum Gasteiger partial charge on any atom is 0.176 e. The van der Waals surface area contributed by atoms with E-state index in [4.69, 9.17) is 4.74 Å². The number of rotatable bonds is 1. The molecule has 0 saturated carbocycles. The van der Waals surface area contributed by atoms with E-state index < -0.39 is 0 Å². The summed E-state index contributed by atoms with van der Waals surface area (Å²) in [6.07, 6.45) is 0. The van der Waals surface area contributed by atoms with Gasteiger partial charge in [-0.25, -0.2) is 0 Å². The molecule has 2 heteroatoms. The summed E-state index contributed by atoms with van der Waals surface area (Å²) < 4.78 is 4.98. The van der Waals surface area contributed by atoms with E-state index in [1.54, 1.807) is 25.1 Å². The maximum absolute atomic E-state index is 9.33. The second-order valence-corrected chi connectivity index (χ2v) is 2.23. The largest absolute Gasteiger partial charge is 0.504 e. The molecule has 0 aliphatic carbocycles. The summed E-state index contributed by atoms with van der Waals surface area (Å²) in [5.41, 5.74) is 0.708. The first-order valence-electron chi connectivity index (χ1n) is 3.58. The molecule has 2 nitrogen and oxygen atoms in total. The van der Waals surface area contributed by atoms with E-state index in [-0.39, 0.29) is 5.75 Å². The van der Waals surface area contributed by atoms with E-state index in [2.05, 4.69) is 11.8 Å². The van der Waals surface area contributed by atoms with Gasteiger partial charge < -0.3 is 9.84 Å². The Morgan fingerprint density at radius 2 is 2.17 bits per heavy atom. The van der Waals surface area contributed by atoms with Crippen molar-refractivity contribution in [3.8, 4) is 23.3 Å². The van der Waals surface area contributed by atoms with Gasteiger partial charge in [-0.1, -0.05) is 12.0 Å². The van der Waals surface area contributed by atoms with E-state index in [9.17, 15) is 5.11 Å². The van der Waals surface area contributed by atoms with Crippen LogP contribution in [0.5, 0.6) is 11.5 Å². The maximum atomic E-state index is 9.33. The van der Waals surface area contributed by atoms with E-state index in [1.165, 1.54) is 7.11 Å². The predicted octanol–water partition coefficient (Wildman–Crippen LogP) is 1.77. The zero-order valence-corrected chi connectivity index (χ0v) is 7.09. The van der Waals surface area contributed by atoms with Crippen LogP contribution >= 0.6 is 0 Å². The number of phenolic OH excluding ortho intramolecular Hbond substituents is 1. The van der Waals surface area contributed by atoms with Crippen molar-refractivity contribution in [2.45, 2.75) is 6.92 Å². The third-order valence-corrected chi connectivity index (χ3v) is 1.46. The zero-order valence-electron chi connectivity index (χ0n) is 7.09. The number of hydrogen-bond donors (Lipinski definition) is 1. The minimum atomic E-state index is 0.123. The molecule has 0 aromatic heterocycles. The molecule has 1 aromatic rings. The molecule has 1 rings (SSSR count). The van der Waals surface area contributed by atoms with Gasteiger partial charge in [0.25, 0.3) is 0 Å². The van der Waals surface area contributed by atoms with Gasteiger partial charge in [-0.3, -0.25) is 0 Å². The second kappa shape index (κ2) is 3.68. The monoisotopic (exact) mass is 162 g/mol. The topological polar surface area (TPSA) is 29.5 Å². The summed E-state index contributed by atoms with van der Waals surface area (Å²) in [7, 11) is 1.51. The third-order valence-electron chi connectivity index (χ3n) is 1.46. The second-order valence-electron chi connectivity index (χ2n) is 2.23. The van der Waals surface area contributed by atoms with E-state index in [1.807, 2.05) is 0 Å². The van der Waals surface area contributed by atoms with Crippen LogP contribution in [-0.2, 0) is 0 Å². The molecule has 0 unspecified atom stereocenters. The summed E-state index contributed by atoms with van der Waals surface area (Å²) in [4.78, 5) is 0. The predicted molar refractivity (Wildman–Crippen MR) is 47.2 cm³/mol. The minimum Gasteiger partial charge on any atom is -0.504 e. The molecule has 0 aliphatic rings. The number of benzene rings is 1. The molecule has 0 fully saturated rings. The van der Waals surface area contributed by atoms with Crippen LogP contribution in [0.1, 0.15) is 12.5 Å². The Balaban J connectivity index is 3.24. The molecule has 1 N–H and O–H groups in total. The van der Waals surface area contributed by atoms with Crippen LogP contribution in [-0.4, -0.2) is 12.2 Å². The average Bonchev–Trinajstić information content (AvgIpc) is 2.05. The normalized spacial score (nSPS) is 8.50. The van der Waals surface area contributed by atoms with Gasteiger partial charge in [0.15, 0.2) is 11.5 Å². The molecular formula is C10H10O2. The fourth-order valence-electron chi connectivity index (χ4n) is 0.972. The Morgan fingerprint density at radius 1 is 1.42 bits per heavy atom. The van der Waals surface area contributed by atoms with Crippen LogP contribution in [0.4, 0.5) is 0 Å². The van der Waals surface area contributed by atoms with Crippen LogP contribution in [0.15, 0.2) is 18.2 Å². The lowest BCUT2D eigenvalue weighted by atomic mass is 10.2. The van der Waals surface area contributed by atoms with Crippen LogP contribution in [0.2, 0.25) is 0 Å². The number of phenols is 1. The van der Waals surface area contributed by atoms with Crippen LogP contribution in [0, 0.1) is 11.8 Å². The highest BCUT2D eigenvalue weighted by atomic mass is 16.5. The van der Waals surface area contributed by atoms with Gasteiger partial charge in [0.05, 0.1) is 12.7 Å². The fraction of sp³-hybridized carbons (Fsp3) is 0.200. The van der Waals surface area contributed by atoms with E-state index in [0.717, 1.165) is 0 Å². The molecular weight excluding hydrogens is 152 g/mol. The Kier molecular flexibility index (Phi) is 2.60. The van der Waals surface area contributed by atoms with E-state index in [0.29, 0.717) is 11.3 Å². The van der Waals surface area contributed by atoms with Gasteiger partial charge in [-0.05, 0) is 19.1 Å². The van der Waals surface area contributed by atoms with Crippen molar-refractivity contribution in [2.24, 2.45) is 0 Å². The van der Waals surface area contributed by atoms with Gasteiger partial charge in [-0.15, -0.1) is 5.92 Å². The smallest absolute Gasteiger partial charge is 0.176 e. The highest BCUT2D eigenvalue weighted by Gasteiger charge is 2.04. The lowest BCUT2D eigenvalue weighted by molar-refractivity contribution is 0.372. The number of ether oxygens (including phenoxy) is 1. The molecule has 0 saturated heterocycles. The Labute approximate surface area is 71.8 Å². The molecule has 0 amide bonds. The van der Waals surface area contributed by atoms with Crippen molar-refractivity contribution >= 4 is 0 Å². The molecule has 62 valence electrons. The summed E-state index contributed by atoms with van der Waals surface area (Å²) in [6, 6.07) is 5.10. The fourth-order valence-corrected chi connectivity index (χ4v) is 0.972. The summed E-state index contributed by atoms with van der Waals surface area (Å²) in [6.45, 7) is 1.74. The molecule has 0 radical (unpaired) electrons. The number of methoxy groups -OCH3 is 1.